The van der Waals surface area contributed by atoms with E-state index < -0.39 is 6.61 Å². The van der Waals surface area contributed by atoms with Gasteiger partial charge in [-0.05, 0) is 18.9 Å². The highest BCUT2D eigenvalue weighted by Crippen LogP contribution is 2.39. The third-order valence-electron chi connectivity index (χ3n) is 5.29. The van der Waals surface area contributed by atoms with Gasteiger partial charge in [0, 0.05) is 43.9 Å². The van der Waals surface area contributed by atoms with Crippen molar-refractivity contribution in [3.05, 3.63) is 17.7 Å². The molecule has 182 valence electrons. The first-order valence-corrected chi connectivity index (χ1v) is 10.7. The van der Waals surface area contributed by atoms with Gasteiger partial charge in [0.05, 0.1) is 19.8 Å². The van der Waals surface area contributed by atoms with Crippen LogP contribution >= 0.6 is 24.0 Å². The van der Waals surface area contributed by atoms with Crippen molar-refractivity contribution in [3.63, 3.8) is 0 Å². The molecule has 0 aliphatic carbocycles. The molecule has 2 heterocycles. The predicted molar refractivity (Wildman–Crippen MR) is 128 cm³/mol. The normalized spacial score (nSPS) is 17.3. The second-order valence-electron chi connectivity index (χ2n) is 7.73. The average molecular weight is 570 g/mol. The molecule has 11 heteroatoms. The van der Waals surface area contributed by atoms with Gasteiger partial charge in [-0.2, -0.15) is 8.78 Å². The summed E-state index contributed by atoms with van der Waals surface area (Å²) in [5.74, 6) is 1.98. The number of nitrogens with zero attached hydrogens (tertiary/aromatic N) is 2. The molecule has 1 atom stereocenters. The molecule has 2 aliphatic heterocycles. The van der Waals surface area contributed by atoms with Gasteiger partial charge < -0.3 is 29.6 Å². The van der Waals surface area contributed by atoms with Crippen LogP contribution in [-0.2, 0) is 11.3 Å². The Bertz CT molecular complexity index is 749. The fourth-order valence-corrected chi connectivity index (χ4v) is 3.70. The first kappa shape index (κ1) is 26.7. The van der Waals surface area contributed by atoms with E-state index in [2.05, 4.69) is 39.1 Å². The van der Waals surface area contributed by atoms with Gasteiger partial charge in [-0.1, -0.05) is 13.8 Å². The van der Waals surface area contributed by atoms with Crippen LogP contribution in [0.3, 0.4) is 0 Å². The van der Waals surface area contributed by atoms with Crippen LogP contribution in [0, 0.1) is 5.92 Å². The number of fused-ring (bicyclic) bond motifs is 1. The molecule has 32 heavy (non-hydrogen) atoms. The van der Waals surface area contributed by atoms with Crippen molar-refractivity contribution in [3.8, 4) is 17.2 Å². The van der Waals surface area contributed by atoms with Crippen molar-refractivity contribution in [2.75, 3.05) is 46.2 Å². The predicted octanol–water partition coefficient (Wildman–Crippen LogP) is 3.05. The van der Waals surface area contributed by atoms with E-state index in [0.717, 1.165) is 26.3 Å². The number of ether oxygens (including phenoxy) is 4. The Morgan fingerprint density at radius 1 is 1.16 bits per heavy atom. The number of guanidine groups is 1. The lowest BCUT2D eigenvalue weighted by atomic mass is 10.0. The van der Waals surface area contributed by atoms with E-state index in [-0.39, 0.29) is 43.1 Å². The van der Waals surface area contributed by atoms with E-state index in [1.807, 2.05) is 6.92 Å². The van der Waals surface area contributed by atoms with E-state index >= 15 is 0 Å². The number of nitrogens with one attached hydrogen (secondary N) is 2. The van der Waals surface area contributed by atoms with Gasteiger partial charge in [-0.25, -0.2) is 4.99 Å². The van der Waals surface area contributed by atoms with Crippen molar-refractivity contribution in [2.45, 2.75) is 40.0 Å². The number of rotatable bonds is 9. The van der Waals surface area contributed by atoms with Gasteiger partial charge in [0.2, 0.25) is 6.79 Å². The SMILES string of the molecule is CCNC(=NCc1cc2c(cc1OC(F)F)OCO2)NCC(C(C)C)N1CCOCC1.I. The molecule has 1 saturated heterocycles. The molecule has 0 amide bonds. The minimum Gasteiger partial charge on any atom is -0.454 e. The highest BCUT2D eigenvalue weighted by atomic mass is 127. The summed E-state index contributed by atoms with van der Waals surface area (Å²) in [5.41, 5.74) is 0.496. The van der Waals surface area contributed by atoms with Crippen LogP contribution in [-0.4, -0.2) is 69.7 Å². The summed E-state index contributed by atoms with van der Waals surface area (Å²) in [6.45, 7) is 8.34. The summed E-state index contributed by atoms with van der Waals surface area (Å²) in [6.07, 6.45) is 0. The molecule has 2 N–H and O–H groups in total. The zero-order chi connectivity index (χ0) is 22.2. The van der Waals surface area contributed by atoms with E-state index in [1.165, 1.54) is 6.07 Å². The smallest absolute Gasteiger partial charge is 0.387 e. The minimum atomic E-state index is -2.94. The van der Waals surface area contributed by atoms with Gasteiger partial charge >= 0.3 is 6.61 Å². The summed E-state index contributed by atoms with van der Waals surface area (Å²) in [4.78, 5) is 7.01. The van der Waals surface area contributed by atoms with Crippen LogP contribution in [0.25, 0.3) is 0 Å². The molecule has 0 radical (unpaired) electrons. The maximum atomic E-state index is 12.9. The first-order chi connectivity index (χ1) is 15.0. The second kappa shape index (κ2) is 13.2. The van der Waals surface area contributed by atoms with Gasteiger partial charge in [-0.3, -0.25) is 4.90 Å². The van der Waals surface area contributed by atoms with Crippen LogP contribution in [0.1, 0.15) is 26.3 Å². The van der Waals surface area contributed by atoms with Crippen molar-refractivity contribution < 1.29 is 27.7 Å². The fourth-order valence-electron chi connectivity index (χ4n) is 3.70. The van der Waals surface area contributed by atoms with E-state index in [9.17, 15) is 8.78 Å². The average Bonchev–Trinajstić information content (AvgIpc) is 3.19. The molecule has 3 rings (SSSR count). The van der Waals surface area contributed by atoms with Crippen LogP contribution in [0.15, 0.2) is 17.1 Å². The number of morpholine rings is 1. The van der Waals surface area contributed by atoms with Crippen LogP contribution < -0.4 is 24.8 Å². The molecular formula is C21H33F2IN4O4. The number of alkyl halides is 2. The highest BCUT2D eigenvalue weighted by molar-refractivity contribution is 14.0. The fraction of sp³-hybridized carbons (Fsp3) is 0.667. The van der Waals surface area contributed by atoms with Crippen molar-refractivity contribution in [1.29, 1.82) is 0 Å². The Balaban J connectivity index is 0.00000363. The zero-order valence-electron chi connectivity index (χ0n) is 18.7. The molecule has 1 unspecified atom stereocenters. The molecule has 2 aliphatic rings. The van der Waals surface area contributed by atoms with Crippen molar-refractivity contribution >= 4 is 29.9 Å². The molecule has 0 aromatic heterocycles. The second-order valence-corrected chi connectivity index (χ2v) is 7.73. The largest absolute Gasteiger partial charge is 0.454 e. The maximum absolute atomic E-state index is 12.9. The third kappa shape index (κ3) is 7.48. The summed E-state index contributed by atoms with van der Waals surface area (Å²) in [6, 6.07) is 3.39. The van der Waals surface area contributed by atoms with Gasteiger partial charge in [-0.15, -0.1) is 24.0 Å². The number of aliphatic imine (C=N–C) groups is 1. The third-order valence-corrected chi connectivity index (χ3v) is 5.29. The molecule has 1 aromatic rings. The van der Waals surface area contributed by atoms with E-state index in [4.69, 9.17) is 14.2 Å². The Morgan fingerprint density at radius 2 is 1.84 bits per heavy atom. The summed E-state index contributed by atoms with van der Waals surface area (Å²) >= 11 is 0. The number of hydrogen-bond donors (Lipinski definition) is 2. The lowest BCUT2D eigenvalue weighted by molar-refractivity contribution is -0.0505. The number of benzene rings is 1. The Morgan fingerprint density at radius 3 is 2.47 bits per heavy atom. The molecule has 1 aromatic carbocycles. The van der Waals surface area contributed by atoms with Gasteiger partial charge in [0.25, 0.3) is 0 Å². The Labute approximate surface area is 205 Å². The molecular weight excluding hydrogens is 537 g/mol. The lowest BCUT2D eigenvalue weighted by Gasteiger charge is -2.37. The molecule has 8 nitrogen and oxygen atoms in total. The number of halogens is 3. The van der Waals surface area contributed by atoms with Gasteiger partial charge in [0.15, 0.2) is 17.5 Å². The van der Waals surface area contributed by atoms with E-state index in [1.54, 1.807) is 6.07 Å². The van der Waals surface area contributed by atoms with Crippen molar-refractivity contribution in [2.24, 2.45) is 10.9 Å². The van der Waals surface area contributed by atoms with Gasteiger partial charge in [0.1, 0.15) is 5.75 Å². The summed E-state index contributed by atoms with van der Waals surface area (Å²) in [7, 11) is 0. The molecule has 0 saturated carbocycles. The zero-order valence-corrected chi connectivity index (χ0v) is 21.1. The summed E-state index contributed by atoms with van der Waals surface area (Å²) < 4.78 is 46.5. The minimum absolute atomic E-state index is 0. The topological polar surface area (TPSA) is 76.6 Å². The number of hydrogen-bond acceptors (Lipinski definition) is 6. The van der Waals surface area contributed by atoms with Crippen LogP contribution in [0.5, 0.6) is 17.2 Å². The monoisotopic (exact) mass is 570 g/mol. The summed E-state index contributed by atoms with van der Waals surface area (Å²) in [5, 5.41) is 6.61. The highest BCUT2D eigenvalue weighted by Gasteiger charge is 2.24. The van der Waals surface area contributed by atoms with Crippen LogP contribution in [0.4, 0.5) is 8.78 Å². The van der Waals surface area contributed by atoms with E-state index in [0.29, 0.717) is 48.1 Å². The first-order valence-electron chi connectivity index (χ1n) is 10.7. The Hall–Kier alpha value is -1.60. The lowest BCUT2D eigenvalue weighted by Crippen LogP contribution is -2.52. The molecule has 1 fully saturated rings. The van der Waals surface area contributed by atoms with Crippen molar-refractivity contribution in [1.82, 2.24) is 15.5 Å². The molecule has 0 bridgehead atoms. The molecule has 0 spiro atoms. The quantitative estimate of drug-likeness (QED) is 0.269. The maximum Gasteiger partial charge on any atom is 0.387 e. The standard InChI is InChI=1S/C21H32F2N4O4.HI/c1-4-24-21(26-12-16(14(2)3)27-5-7-28-8-6-27)25-11-15-9-18-19(30-13-29-18)10-17(15)31-20(22)23;/h9-10,14,16,20H,4-8,11-13H2,1-3H3,(H2,24,25,26);1H. The Kier molecular flexibility index (Phi) is 11.0. The van der Waals surface area contributed by atoms with Crippen LogP contribution in [0.2, 0.25) is 0 Å².